The third-order valence-electron chi connectivity index (χ3n) is 2.03. The number of hydrogen-bond acceptors (Lipinski definition) is 5. The second-order valence-electron chi connectivity index (χ2n) is 3.32. The Morgan fingerprint density at radius 3 is 2.30 bits per heavy atom. The minimum absolute atomic E-state index is 0.347. The fourth-order valence-corrected chi connectivity index (χ4v) is 2.63. The van der Waals surface area contributed by atoms with Crippen molar-refractivity contribution in [1.29, 1.82) is 0 Å². The van der Waals surface area contributed by atoms with Gasteiger partial charge < -0.3 is 10.5 Å². The van der Waals surface area contributed by atoms with Crippen LogP contribution in [-0.4, -0.2) is 19.8 Å². The van der Waals surface area contributed by atoms with Crippen molar-refractivity contribution in [1.82, 2.24) is 4.98 Å². The fourth-order valence-electron chi connectivity index (χ4n) is 1.36. The largest absolute Gasteiger partial charge is 0.574 e. The molecular weight excluding hydrogens is 335 g/mol. The smallest absolute Gasteiger partial charge is 0.386 e. The van der Waals surface area contributed by atoms with Crippen molar-refractivity contribution in [2.24, 2.45) is 5.73 Å². The number of halogens is 6. The molecule has 0 aromatic carbocycles. The van der Waals surface area contributed by atoms with Crippen molar-refractivity contribution in [3.05, 3.63) is 17.3 Å². The van der Waals surface area contributed by atoms with Crippen LogP contribution in [0.2, 0.25) is 0 Å². The van der Waals surface area contributed by atoms with Crippen molar-refractivity contribution in [3.8, 4) is 5.88 Å². The lowest BCUT2D eigenvalue weighted by atomic mass is 10.1. The van der Waals surface area contributed by atoms with Crippen molar-refractivity contribution in [3.63, 3.8) is 0 Å². The lowest BCUT2D eigenvalue weighted by molar-refractivity contribution is -0.277. The van der Waals surface area contributed by atoms with E-state index in [-0.39, 0.29) is 0 Å². The molecule has 1 aromatic heterocycles. The molecule has 5 nitrogen and oxygen atoms in total. The Bertz CT molecular complexity index is 605. The molecule has 0 radical (unpaired) electrons. The van der Waals surface area contributed by atoms with Crippen LogP contribution in [0.25, 0.3) is 0 Å². The van der Waals surface area contributed by atoms with Crippen LogP contribution in [0.4, 0.5) is 22.0 Å². The number of ether oxygens (including phenoxy) is 1. The van der Waals surface area contributed by atoms with E-state index in [1.54, 1.807) is 0 Å². The maximum Gasteiger partial charge on any atom is 0.574 e. The average Bonchev–Trinajstić information content (AvgIpc) is 2.23. The summed E-state index contributed by atoms with van der Waals surface area (Å²) in [5, 5.41) is 0. The molecule has 0 amide bonds. The molecule has 0 spiro atoms. The summed E-state index contributed by atoms with van der Waals surface area (Å²) < 4.78 is 87.6. The summed E-state index contributed by atoms with van der Waals surface area (Å²) in [7, 11) is 0.104. The molecule has 0 aliphatic heterocycles. The normalized spacial score (nSPS) is 12.8. The van der Waals surface area contributed by atoms with E-state index in [4.69, 9.17) is 16.4 Å². The van der Waals surface area contributed by atoms with Gasteiger partial charge in [0.05, 0.1) is 0 Å². The quantitative estimate of drug-likeness (QED) is 0.672. The summed E-state index contributed by atoms with van der Waals surface area (Å²) in [5.41, 5.74) is 3.37. The van der Waals surface area contributed by atoms with Crippen molar-refractivity contribution < 1.29 is 35.1 Å². The molecule has 0 fully saturated rings. The zero-order valence-corrected chi connectivity index (χ0v) is 10.9. The van der Waals surface area contributed by atoms with E-state index in [9.17, 15) is 30.4 Å². The van der Waals surface area contributed by atoms with Gasteiger partial charge in [-0.2, -0.15) is 0 Å². The highest BCUT2D eigenvalue weighted by molar-refractivity contribution is 8.13. The van der Waals surface area contributed by atoms with E-state index in [1.165, 1.54) is 0 Å². The highest BCUT2D eigenvalue weighted by Crippen LogP contribution is 2.36. The Balaban J connectivity index is 3.63. The van der Waals surface area contributed by atoms with Crippen LogP contribution in [-0.2, 0) is 15.6 Å². The molecule has 1 heterocycles. The standard InChI is InChI=1S/C8H6ClF5N2O3S/c9-20(17,18)5-3(1-15)4(6(10)11)2-16-7(5)19-8(12,13)14/h2,6H,1,15H2. The van der Waals surface area contributed by atoms with Gasteiger partial charge >= 0.3 is 6.36 Å². The molecule has 0 bridgehead atoms. The van der Waals surface area contributed by atoms with Crippen molar-refractivity contribution >= 4 is 19.7 Å². The van der Waals surface area contributed by atoms with Crippen LogP contribution in [0.3, 0.4) is 0 Å². The van der Waals surface area contributed by atoms with E-state index in [1.807, 2.05) is 0 Å². The molecule has 114 valence electrons. The molecular formula is C8H6ClF5N2O3S. The van der Waals surface area contributed by atoms with Crippen molar-refractivity contribution in [2.75, 3.05) is 0 Å². The Labute approximate surface area is 113 Å². The first-order valence-electron chi connectivity index (χ1n) is 4.67. The molecule has 0 aliphatic carbocycles. The van der Waals surface area contributed by atoms with E-state index in [0.29, 0.717) is 6.20 Å². The van der Waals surface area contributed by atoms with Crippen LogP contribution in [0.15, 0.2) is 11.1 Å². The number of alkyl halides is 5. The van der Waals surface area contributed by atoms with Crippen LogP contribution in [0, 0.1) is 0 Å². The molecule has 12 heteroatoms. The summed E-state index contributed by atoms with van der Waals surface area (Å²) in [5.74, 6) is -1.46. The van der Waals surface area contributed by atoms with Crippen LogP contribution >= 0.6 is 10.7 Å². The predicted molar refractivity (Wildman–Crippen MR) is 56.8 cm³/mol. The number of hydrogen-bond donors (Lipinski definition) is 1. The maximum atomic E-state index is 12.7. The second kappa shape index (κ2) is 5.66. The Morgan fingerprint density at radius 2 is 1.95 bits per heavy atom. The van der Waals surface area contributed by atoms with Gasteiger partial charge in [0, 0.05) is 34.6 Å². The molecule has 1 rings (SSSR count). The number of rotatable bonds is 4. The SMILES string of the molecule is NCc1c(C(F)F)cnc(OC(F)(F)F)c1S(=O)(=O)Cl. The van der Waals surface area contributed by atoms with Gasteiger partial charge in [0.1, 0.15) is 4.90 Å². The first-order valence-corrected chi connectivity index (χ1v) is 6.98. The second-order valence-corrected chi connectivity index (χ2v) is 5.82. The zero-order chi connectivity index (χ0) is 15.7. The monoisotopic (exact) mass is 340 g/mol. The number of aromatic nitrogens is 1. The van der Waals surface area contributed by atoms with Crippen molar-refractivity contribution in [2.45, 2.75) is 24.2 Å². The molecule has 2 N–H and O–H groups in total. The Hall–Kier alpha value is -1.20. The lowest BCUT2D eigenvalue weighted by Crippen LogP contribution is -2.21. The van der Waals surface area contributed by atoms with Gasteiger partial charge in [-0.3, -0.25) is 0 Å². The predicted octanol–water partition coefficient (Wildman–Crippen LogP) is 2.30. The molecule has 1 aromatic rings. The summed E-state index contributed by atoms with van der Waals surface area (Å²) >= 11 is 0. The summed E-state index contributed by atoms with van der Waals surface area (Å²) in [6.07, 6.45) is -8.13. The fraction of sp³-hybridized carbons (Fsp3) is 0.375. The van der Waals surface area contributed by atoms with E-state index < -0.39 is 50.3 Å². The molecule has 0 saturated carbocycles. The highest BCUT2D eigenvalue weighted by Gasteiger charge is 2.37. The minimum atomic E-state index is -5.28. The van der Waals surface area contributed by atoms with Gasteiger partial charge in [0.25, 0.3) is 15.5 Å². The molecule has 20 heavy (non-hydrogen) atoms. The number of nitrogens with two attached hydrogens (primary N) is 1. The molecule has 0 aliphatic rings. The first kappa shape index (κ1) is 16.9. The van der Waals surface area contributed by atoms with Gasteiger partial charge in [-0.15, -0.1) is 13.2 Å². The zero-order valence-electron chi connectivity index (χ0n) is 9.29. The van der Waals surface area contributed by atoms with Crippen LogP contribution in [0.5, 0.6) is 5.88 Å². The van der Waals surface area contributed by atoms with Gasteiger partial charge in [0.15, 0.2) is 0 Å². The molecule has 0 unspecified atom stereocenters. The Morgan fingerprint density at radius 1 is 1.40 bits per heavy atom. The van der Waals surface area contributed by atoms with Gasteiger partial charge in [-0.1, -0.05) is 0 Å². The van der Waals surface area contributed by atoms with E-state index >= 15 is 0 Å². The molecule has 0 saturated heterocycles. The van der Waals surface area contributed by atoms with Gasteiger partial charge in [-0.25, -0.2) is 22.2 Å². The average molecular weight is 341 g/mol. The van der Waals surface area contributed by atoms with E-state index in [2.05, 4.69) is 9.72 Å². The number of pyridine rings is 1. The third kappa shape index (κ3) is 3.90. The first-order chi connectivity index (χ1) is 8.97. The van der Waals surface area contributed by atoms with Crippen LogP contribution < -0.4 is 10.5 Å². The number of nitrogens with zero attached hydrogens (tertiary/aromatic N) is 1. The van der Waals surface area contributed by atoms with E-state index in [0.717, 1.165) is 0 Å². The summed E-state index contributed by atoms with van der Waals surface area (Å²) in [6, 6.07) is 0. The maximum absolute atomic E-state index is 12.7. The summed E-state index contributed by atoms with van der Waals surface area (Å²) in [4.78, 5) is 1.60. The lowest BCUT2D eigenvalue weighted by Gasteiger charge is -2.15. The highest BCUT2D eigenvalue weighted by atomic mass is 35.7. The van der Waals surface area contributed by atoms with Gasteiger partial charge in [-0.05, 0) is 0 Å². The minimum Gasteiger partial charge on any atom is -0.386 e. The molecule has 0 atom stereocenters. The van der Waals surface area contributed by atoms with Crippen LogP contribution in [0.1, 0.15) is 17.6 Å². The Kier molecular flexibility index (Phi) is 4.77. The van der Waals surface area contributed by atoms with Gasteiger partial charge in [0.2, 0.25) is 5.88 Å². The topological polar surface area (TPSA) is 82.3 Å². The summed E-state index contributed by atoms with van der Waals surface area (Å²) in [6.45, 7) is -0.794. The third-order valence-corrected chi connectivity index (χ3v) is 3.40.